The first kappa shape index (κ1) is 10.4. The molecule has 0 aromatic carbocycles. The Labute approximate surface area is 83.8 Å². The Morgan fingerprint density at radius 2 is 1.50 bits per heavy atom. The summed E-state index contributed by atoms with van der Waals surface area (Å²) in [5.74, 6) is -0.0861. The Morgan fingerprint density at radius 3 is 1.93 bits per heavy atom. The van der Waals surface area contributed by atoms with Crippen LogP contribution in [0.15, 0.2) is 0 Å². The maximum Gasteiger partial charge on any atom is 0.169 e. The fraction of sp³-hybridized carbons (Fsp3) is 1.00. The third-order valence-corrected chi connectivity index (χ3v) is 3.20. The normalized spacial score (nSPS) is 36.4. The van der Waals surface area contributed by atoms with E-state index in [2.05, 4.69) is 0 Å². The molecule has 1 aliphatic heterocycles. The van der Waals surface area contributed by atoms with Gasteiger partial charge in [-0.3, -0.25) is 0 Å². The molecule has 4 nitrogen and oxygen atoms in total. The fourth-order valence-corrected chi connectivity index (χ4v) is 2.61. The first-order chi connectivity index (χ1) is 6.78. The summed E-state index contributed by atoms with van der Waals surface area (Å²) in [6.45, 7) is 1.59. The van der Waals surface area contributed by atoms with Crippen LogP contribution in [0.25, 0.3) is 0 Å². The molecule has 2 rings (SSSR count). The van der Waals surface area contributed by atoms with E-state index < -0.39 is 5.79 Å². The molecule has 0 amide bonds. The predicted molar refractivity (Wildman–Crippen MR) is 49.6 cm³/mol. The second-order valence-electron chi connectivity index (χ2n) is 4.35. The van der Waals surface area contributed by atoms with E-state index in [4.69, 9.17) is 19.7 Å². The van der Waals surface area contributed by atoms with E-state index in [9.17, 15) is 0 Å². The predicted octanol–water partition coefficient (Wildman–Crippen LogP) is 0.130. The molecule has 2 unspecified atom stereocenters. The van der Waals surface area contributed by atoms with Crippen molar-refractivity contribution in [2.24, 2.45) is 11.8 Å². The molecule has 1 aliphatic carbocycles. The lowest BCUT2D eigenvalue weighted by molar-refractivity contribution is -0.203. The Balaban J connectivity index is 2.03. The quantitative estimate of drug-likeness (QED) is 0.668. The monoisotopic (exact) mass is 202 g/mol. The standard InChI is InChI=1S/C10H18O4/c11-6-8-3-9(7-12)5-10(4-8)13-1-2-14-10/h8-9,11-12H,1-7H2. The molecule has 14 heavy (non-hydrogen) atoms. The second kappa shape index (κ2) is 4.14. The highest BCUT2D eigenvalue weighted by molar-refractivity contribution is 4.87. The summed E-state index contributed by atoms with van der Waals surface area (Å²) >= 11 is 0. The number of aliphatic hydroxyl groups is 2. The van der Waals surface area contributed by atoms with Gasteiger partial charge in [0.2, 0.25) is 0 Å². The van der Waals surface area contributed by atoms with Crippen molar-refractivity contribution in [1.29, 1.82) is 0 Å². The van der Waals surface area contributed by atoms with Crippen LogP contribution in [0.1, 0.15) is 19.3 Å². The van der Waals surface area contributed by atoms with E-state index in [0.29, 0.717) is 13.2 Å². The molecule has 0 aromatic rings. The van der Waals surface area contributed by atoms with Crippen molar-refractivity contribution in [1.82, 2.24) is 0 Å². The summed E-state index contributed by atoms with van der Waals surface area (Å²) in [4.78, 5) is 0. The molecule has 2 aliphatic rings. The summed E-state index contributed by atoms with van der Waals surface area (Å²) in [7, 11) is 0. The lowest BCUT2D eigenvalue weighted by Gasteiger charge is -2.39. The van der Waals surface area contributed by atoms with Crippen molar-refractivity contribution in [2.45, 2.75) is 25.0 Å². The van der Waals surface area contributed by atoms with Gasteiger partial charge in [-0.15, -0.1) is 0 Å². The maximum atomic E-state index is 9.16. The van der Waals surface area contributed by atoms with Crippen LogP contribution in [0.2, 0.25) is 0 Å². The summed E-state index contributed by atoms with van der Waals surface area (Å²) in [5.41, 5.74) is 0. The largest absolute Gasteiger partial charge is 0.396 e. The minimum Gasteiger partial charge on any atom is -0.396 e. The minimum atomic E-state index is -0.501. The molecule has 1 saturated heterocycles. The Bertz CT molecular complexity index is 175. The Kier molecular flexibility index (Phi) is 3.07. The van der Waals surface area contributed by atoms with Gasteiger partial charge in [0, 0.05) is 26.1 Å². The van der Waals surface area contributed by atoms with Crippen LogP contribution in [-0.2, 0) is 9.47 Å². The number of rotatable bonds is 2. The van der Waals surface area contributed by atoms with Gasteiger partial charge in [-0.2, -0.15) is 0 Å². The van der Waals surface area contributed by atoms with Crippen LogP contribution in [-0.4, -0.2) is 42.4 Å². The molecule has 4 heteroatoms. The Hall–Kier alpha value is -0.160. The zero-order valence-electron chi connectivity index (χ0n) is 8.32. The number of hydrogen-bond acceptors (Lipinski definition) is 4. The molecule has 0 bridgehead atoms. The smallest absolute Gasteiger partial charge is 0.169 e. The molecule has 1 spiro atoms. The van der Waals surface area contributed by atoms with Crippen LogP contribution in [0.4, 0.5) is 0 Å². The van der Waals surface area contributed by atoms with Gasteiger partial charge >= 0.3 is 0 Å². The van der Waals surface area contributed by atoms with Gasteiger partial charge in [0.15, 0.2) is 5.79 Å². The third kappa shape index (κ3) is 1.93. The minimum absolute atomic E-state index is 0.158. The molecular weight excluding hydrogens is 184 g/mol. The molecule has 2 atom stereocenters. The van der Waals surface area contributed by atoms with Gasteiger partial charge in [-0.1, -0.05) is 0 Å². The molecule has 82 valence electrons. The summed E-state index contributed by atoms with van der Waals surface area (Å²) in [6.07, 6.45) is 2.40. The SMILES string of the molecule is OCC1CC(CO)CC2(C1)OCCO2. The molecule has 1 heterocycles. The van der Waals surface area contributed by atoms with Gasteiger partial charge in [-0.25, -0.2) is 0 Å². The molecule has 2 N–H and O–H groups in total. The lowest BCUT2D eigenvalue weighted by Crippen LogP contribution is -2.42. The van der Waals surface area contributed by atoms with Crippen molar-refractivity contribution in [3.05, 3.63) is 0 Å². The molecule has 1 saturated carbocycles. The van der Waals surface area contributed by atoms with E-state index in [1.807, 2.05) is 0 Å². The van der Waals surface area contributed by atoms with Gasteiger partial charge in [-0.05, 0) is 18.3 Å². The molecule has 0 radical (unpaired) electrons. The van der Waals surface area contributed by atoms with E-state index in [0.717, 1.165) is 19.3 Å². The zero-order valence-corrected chi connectivity index (χ0v) is 8.32. The van der Waals surface area contributed by atoms with Crippen LogP contribution >= 0.6 is 0 Å². The average molecular weight is 202 g/mol. The Morgan fingerprint density at radius 1 is 1.00 bits per heavy atom. The maximum absolute atomic E-state index is 9.16. The molecular formula is C10H18O4. The van der Waals surface area contributed by atoms with Crippen molar-refractivity contribution < 1.29 is 19.7 Å². The highest BCUT2D eigenvalue weighted by Gasteiger charge is 2.44. The van der Waals surface area contributed by atoms with E-state index in [1.54, 1.807) is 0 Å². The topological polar surface area (TPSA) is 58.9 Å². The number of aliphatic hydroxyl groups excluding tert-OH is 2. The summed E-state index contributed by atoms with van der Waals surface area (Å²) < 4.78 is 11.2. The zero-order chi connectivity index (χ0) is 10.0. The second-order valence-corrected chi connectivity index (χ2v) is 4.35. The van der Waals surface area contributed by atoms with Crippen LogP contribution in [0.5, 0.6) is 0 Å². The highest BCUT2D eigenvalue weighted by Crippen LogP contribution is 2.41. The summed E-state index contributed by atoms with van der Waals surface area (Å²) in [6, 6.07) is 0. The highest BCUT2D eigenvalue weighted by atomic mass is 16.7. The fourth-order valence-electron chi connectivity index (χ4n) is 2.61. The van der Waals surface area contributed by atoms with Gasteiger partial charge in [0.25, 0.3) is 0 Å². The third-order valence-electron chi connectivity index (χ3n) is 3.20. The van der Waals surface area contributed by atoms with Crippen LogP contribution in [0, 0.1) is 11.8 Å². The lowest BCUT2D eigenvalue weighted by atomic mass is 9.78. The molecule has 2 fully saturated rings. The molecule has 0 aromatic heterocycles. The summed E-state index contributed by atoms with van der Waals surface area (Å²) in [5, 5.41) is 18.3. The van der Waals surface area contributed by atoms with Gasteiger partial charge < -0.3 is 19.7 Å². The average Bonchev–Trinajstić information content (AvgIpc) is 2.65. The van der Waals surface area contributed by atoms with Crippen molar-refractivity contribution in [3.63, 3.8) is 0 Å². The van der Waals surface area contributed by atoms with Gasteiger partial charge in [0.05, 0.1) is 13.2 Å². The van der Waals surface area contributed by atoms with Crippen LogP contribution < -0.4 is 0 Å². The number of hydrogen-bond donors (Lipinski definition) is 2. The first-order valence-electron chi connectivity index (χ1n) is 5.27. The van der Waals surface area contributed by atoms with Crippen molar-refractivity contribution in [2.75, 3.05) is 26.4 Å². The van der Waals surface area contributed by atoms with E-state index in [1.165, 1.54) is 0 Å². The van der Waals surface area contributed by atoms with Gasteiger partial charge in [0.1, 0.15) is 0 Å². The van der Waals surface area contributed by atoms with Crippen molar-refractivity contribution in [3.8, 4) is 0 Å². The van der Waals surface area contributed by atoms with E-state index >= 15 is 0 Å². The number of ether oxygens (including phenoxy) is 2. The van der Waals surface area contributed by atoms with E-state index in [-0.39, 0.29) is 25.0 Å². The van der Waals surface area contributed by atoms with Crippen molar-refractivity contribution >= 4 is 0 Å². The first-order valence-corrected chi connectivity index (χ1v) is 5.27. The van der Waals surface area contributed by atoms with Crippen LogP contribution in [0.3, 0.4) is 0 Å².